The molecule has 90 valence electrons. The van der Waals surface area contributed by atoms with Crippen molar-refractivity contribution in [2.24, 2.45) is 5.73 Å². The van der Waals surface area contributed by atoms with Crippen LogP contribution in [0.25, 0.3) is 0 Å². The lowest BCUT2D eigenvalue weighted by Gasteiger charge is -2.15. The van der Waals surface area contributed by atoms with E-state index in [4.69, 9.17) is 25.1 Å². The Labute approximate surface area is 94.7 Å². The van der Waals surface area contributed by atoms with E-state index in [-0.39, 0.29) is 13.2 Å². The lowest BCUT2D eigenvalue weighted by atomic mass is 10.3. The van der Waals surface area contributed by atoms with Gasteiger partial charge in [0.1, 0.15) is 6.61 Å². The molecule has 0 saturated carbocycles. The Kier molecular flexibility index (Phi) is 4.88. The maximum atomic E-state index is 8.80. The van der Waals surface area contributed by atoms with E-state index in [9.17, 15) is 0 Å². The SMILES string of the molecule is COc1cccc(OC)c1OCC(N)CO. The van der Waals surface area contributed by atoms with Crippen LogP contribution in [0.5, 0.6) is 17.2 Å². The molecule has 5 nitrogen and oxygen atoms in total. The van der Waals surface area contributed by atoms with Crippen LogP contribution in [-0.4, -0.2) is 38.6 Å². The van der Waals surface area contributed by atoms with Gasteiger partial charge in [0.15, 0.2) is 11.5 Å². The molecule has 1 aromatic carbocycles. The minimum absolute atomic E-state index is 0.128. The van der Waals surface area contributed by atoms with Gasteiger partial charge >= 0.3 is 0 Å². The summed E-state index contributed by atoms with van der Waals surface area (Å²) >= 11 is 0. The molecule has 0 heterocycles. The fourth-order valence-corrected chi connectivity index (χ4v) is 1.20. The van der Waals surface area contributed by atoms with E-state index in [2.05, 4.69) is 0 Å². The van der Waals surface area contributed by atoms with Gasteiger partial charge < -0.3 is 25.1 Å². The number of para-hydroxylation sites is 1. The monoisotopic (exact) mass is 227 g/mol. The number of aliphatic hydroxyl groups is 1. The Bertz CT molecular complexity index is 308. The molecule has 1 unspecified atom stereocenters. The molecule has 3 N–H and O–H groups in total. The van der Waals surface area contributed by atoms with Gasteiger partial charge in [-0.2, -0.15) is 0 Å². The lowest BCUT2D eigenvalue weighted by molar-refractivity contribution is 0.197. The Balaban J connectivity index is 2.82. The first kappa shape index (κ1) is 12.6. The molecule has 1 atom stereocenters. The molecule has 5 heteroatoms. The second kappa shape index (κ2) is 6.19. The molecule has 0 saturated heterocycles. The quantitative estimate of drug-likeness (QED) is 0.736. The summed E-state index contributed by atoms with van der Waals surface area (Å²) in [6.45, 7) is 0.0741. The van der Waals surface area contributed by atoms with E-state index in [0.717, 1.165) is 0 Å². The van der Waals surface area contributed by atoms with Crippen LogP contribution in [0.4, 0.5) is 0 Å². The third-order valence-electron chi connectivity index (χ3n) is 2.06. The molecule has 1 aromatic rings. The number of aliphatic hydroxyl groups excluding tert-OH is 1. The first-order valence-electron chi connectivity index (χ1n) is 4.93. The lowest BCUT2D eigenvalue weighted by Crippen LogP contribution is -2.31. The Morgan fingerprint density at radius 2 is 1.81 bits per heavy atom. The second-order valence-corrected chi connectivity index (χ2v) is 3.25. The Hall–Kier alpha value is -1.46. The molecule has 0 bridgehead atoms. The van der Waals surface area contributed by atoms with E-state index in [1.807, 2.05) is 0 Å². The smallest absolute Gasteiger partial charge is 0.203 e. The topological polar surface area (TPSA) is 73.9 Å². The van der Waals surface area contributed by atoms with Crippen LogP contribution in [0.2, 0.25) is 0 Å². The molecule has 1 rings (SSSR count). The number of hydrogen-bond acceptors (Lipinski definition) is 5. The highest BCUT2D eigenvalue weighted by molar-refractivity contribution is 5.51. The summed E-state index contributed by atoms with van der Waals surface area (Å²) < 4.78 is 15.8. The van der Waals surface area contributed by atoms with Gasteiger partial charge in [0.2, 0.25) is 5.75 Å². The summed E-state index contributed by atoms with van der Waals surface area (Å²) in [5, 5.41) is 8.80. The van der Waals surface area contributed by atoms with Gasteiger partial charge in [-0.1, -0.05) is 6.07 Å². The van der Waals surface area contributed by atoms with E-state index >= 15 is 0 Å². The van der Waals surface area contributed by atoms with Crippen LogP contribution in [-0.2, 0) is 0 Å². The van der Waals surface area contributed by atoms with Gasteiger partial charge in [0.25, 0.3) is 0 Å². The summed E-state index contributed by atoms with van der Waals surface area (Å²) in [5.41, 5.74) is 5.55. The number of benzene rings is 1. The van der Waals surface area contributed by atoms with Crippen molar-refractivity contribution in [3.05, 3.63) is 18.2 Å². The van der Waals surface area contributed by atoms with Crippen molar-refractivity contribution >= 4 is 0 Å². The van der Waals surface area contributed by atoms with Crippen molar-refractivity contribution in [2.45, 2.75) is 6.04 Å². The van der Waals surface area contributed by atoms with Gasteiger partial charge in [0, 0.05) is 0 Å². The second-order valence-electron chi connectivity index (χ2n) is 3.25. The van der Waals surface area contributed by atoms with Crippen LogP contribution in [0.1, 0.15) is 0 Å². The van der Waals surface area contributed by atoms with E-state index in [1.165, 1.54) is 0 Å². The maximum absolute atomic E-state index is 8.80. The fourth-order valence-electron chi connectivity index (χ4n) is 1.20. The minimum Gasteiger partial charge on any atom is -0.493 e. The van der Waals surface area contributed by atoms with E-state index < -0.39 is 6.04 Å². The van der Waals surface area contributed by atoms with Crippen LogP contribution in [0.3, 0.4) is 0 Å². The number of methoxy groups -OCH3 is 2. The van der Waals surface area contributed by atoms with Crippen LogP contribution in [0.15, 0.2) is 18.2 Å². The molecular formula is C11H17NO4. The zero-order chi connectivity index (χ0) is 12.0. The van der Waals surface area contributed by atoms with Gasteiger partial charge in [-0.25, -0.2) is 0 Å². The van der Waals surface area contributed by atoms with E-state index in [1.54, 1.807) is 32.4 Å². The minimum atomic E-state index is -0.422. The van der Waals surface area contributed by atoms with Crippen molar-refractivity contribution in [3.63, 3.8) is 0 Å². The average Bonchev–Trinajstić information content (AvgIpc) is 2.35. The summed E-state index contributed by atoms with van der Waals surface area (Å²) in [7, 11) is 3.10. The number of ether oxygens (including phenoxy) is 3. The molecule has 16 heavy (non-hydrogen) atoms. The first-order chi connectivity index (χ1) is 7.72. The average molecular weight is 227 g/mol. The number of nitrogens with two attached hydrogens (primary N) is 1. The van der Waals surface area contributed by atoms with Crippen molar-refractivity contribution < 1.29 is 19.3 Å². The predicted molar refractivity (Wildman–Crippen MR) is 60.1 cm³/mol. The highest BCUT2D eigenvalue weighted by Crippen LogP contribution is 2.36. The highest BCUT2D eigenvalue weighted by atomic mass is 16.5. The number of rotatable bonds is 6. The molecule has 0 spiro atoms. The van der Waals surface area contributed by atoms with Gasteiger partial charge in [-0.3, -0.25) is 0 Å². The molecule has 0 aliphatic carbocycles. The largest absolute Gasteiger partial charge is 0.493 e. The molecule has 0 fully saturated rings. The molecule has 0 amide bonds. The normalized spacial score (nSPS) is 12.0. The highest BCUT2D eigenvalue weighted by Gasteiger charge is 2.12. The summed E-state index contributed by atoms with van der Waals surface area (Å²) in [6.07, 6.45) is 0. The third kappa shape index (κ3) is 3.01. The zero-order valence-corrected chi connectivity index (χ0v) is 9.47. The van der Waals surface area contributed by atoms with Crippen molar-refractivity contribution in [1.29, 1.82) is 0 Å². The van der Waals surface area contributed by atoms with Crippen molar-refractivity contribution in [3.8, 4) is 17.2 Å². The molecule has 0 aliphatic heterocycles. The molecule has 0 aliphatic rings. The van der Waals surface area contributed by atoms with Gasteiger partial charge in [0.05, 0.1) is 26.9 Å². The van der Waals surface area contributed by atoms with Crippen molar-refractivity contribution in [2.75, 3.05) is 27.4 Å². The third-order valence-corrected chi connectivity index (χ3v) is 2.06. The summed E-state index contributed by atoms with van der Waals surface area (Å²) in [5.74, 6) is 1.64. The predicted octanol–water partition coefficient (Wildman–Crippen LogP) is 0.402. The van der Waals surface area contributed by atoms with Crippen LogP contribution < -0.4 is 19.9 Å². The standard InChI is InChI=1S/C11H17NO4/c1-14-9-4-3-5-10(15-2)11(9)16-7-8(12)6-13/h3-5,8,13H,6-7,12H2,1-2H3. The molecule has 0 radical (unpaired) electrons. The summed E-state index contributed by atoms with van der Waals surface area (Å²) in [6, 6.07) is 4.91. The fraction of sp³-hybridized carbons (Fsp3) is 0.455. The first-order valence-corrected chi connectivity index (χ1v) is 4.93. The maximum Gasteiger partial charge on any atom is 0.203 e. The zero-order valence-electron chi connectivity index (χ0n) is 9.47. The molecular weight excluding hydrogens is 210 g/mol. The Morgan fingerprint density at radius 1 is 1.25 bits per heavy atom. The molecule has 0 aromatic heterocycles. The Morgan fingerprint density at radius 3 is 2.25 bits per heavy atom. The van der Waals surface area contributed by atoms with Gasteiger partial charge in [-0.15, -0.1) is 0 Å². The summed E-state index contributed by atoms with van der Waals surface area (Å²) in [4.78, 5) is 0. The van der Waals surface area contributed by atoms with Crippen molar-refractivity contribution in [1.82, 2.24) is 0 Å². The van der Waals surface area contributed by atoms with Crippen LogP contribution >= 0.6 is 0 Å². The van der Waals surface area contributed by atoms with Crippen LogP contribution in [0, 0.1) is 0 Å². The number of hydrogen-bond donors (Lipinski definition) is 2. The van der Waals surface area contributed by atoms with Gasteiger partial charge in [-0.05, 0) is 12.1 Å². The van der Waals surface area contributed by atoms with E-state index in [0.29, 0.717) is 17.2 Å².